The maximum absolute atomic E-state index is 12.5. The zero-order valence-electron chi connectivity index (χ0n) is 12.1. The molecule has 4 nitrogen and oxygen atoms in total. The van der Waals surface area contributed by atoms with Crippen molar-refractivity contribution in [2.45, 2.75) is 44.1 Å². The fraction of sp³-hybridized carbons (Fsp3) is 0.500. The third kappa shape index (κ3) is 2.91. The van der Waals surface area contributed by atoms with Gasteiger partial charge < -0.3 is 10.2 Å². The van der Waals surface area contributed by atoms with Crippen molar-refractivity contribution in [3.8, 4) is 0 Å². The fourth-order valence-corrected chi connectivity index (χ4v) is 2.85. The van der Waals surface area contributed by atoms with E-state index in [1.165, 1.54) is 0 Å². The van der Waals surface area contributed by atoms with Crippen LogP contribution in [0.25, 0.3) is 0 Å². The Morgan fingerprint density at radius 3 is 2.71 bits per heavy atom. The molecule has 1 heterocycles. The number of rotatable bonds is 5. The average Bonchev–Trinajstić information content (AvgIpc) is 3.18. The van der Waals surface area contributed by atoms with Gasteiger partial charge in [0.05, 0.1) is 17.7 Å². The van der Waals surface area contributed by atoms with Gasteiger partial charge in [0.1, 0.15) is 6.10 Å². The normalized spacial score (nSPS) is 22.4. The van der Waals surface area contributed by atoms with Crippen LogP contribution in [-0.2, 0) is 15.0 Å². The van der Waals surface area contributed by atoms with Crippen LogP contribution in [0.1, 0.15) is 38.2 Å². The molecule has 1 aromatic rings. The minimum atomic E-state index is -0.363. The molecule has 2 aliphatic rings. The van der Waals surface area contributed by atoms with Crippen molar-refractivity contribution in [1.82, 2.24) is 5.32 Å². The van der Waals surface area contributed by atoms with Gasteiger partial charge in [-0.25, -0.2) is 0 Å². The summed E-state index contributed by atoms with van der Waals surface area (Å²) in [6.45, 7) is 2.57. The van der Waals surface area contributed by atoms with Gasteiger partial charge in [0.15, 0.2) is 0 Å². The molecule has 1 N–H and O–H groups in total. The summed E-state index contributed by atoms with van der Waals surface area (Å²) in [7, 11) is 0. The van der Waals surface area contributed by atoms with Gasteiger partial charge in [0.2, 0.25) is 5.91 Å². The standard InChI is InChI=1S/C16H19ClN2O2/c1-2-13-9-14(21-19-13)10-18-15(20)16(7-8-16)11-3-5-12(17)6-4-11/h3-6,14H,2,7-10H2,1H3,(H,18,20). The molecule has 1 saturated carbocycles. The fourth-order valence-electron chi connectivity index (χ4n) is 2.72. The smallest absolute Gasteiger partial charge is 0.230 e. The summed E-state index contributed by atoms with van der Waals surface area (Å²) < 4.78 is 0. The number of benzene rings is 1. The lowest BCUT2D eigenvalue weighted by Gasteiger charge is -2.17. The van der Waals surface area contributed by atoms with E-state index in [0.29, 0.717) is 11.6 Å². The maximum Gasteiger partial charge on any atom is 0.230 e. The van der Waals surface area contributed by atoms with Crippen molar-refractivity contribution in [3.05, 3.63) is 34.9 Å². The zero-order valence-corrected chi connectivity index (χ0v) is 12.8. The number of halogens is 1. The van der Waals surface area contributed by atoms with Crippen molar-refractivity contribution in [1.29, 1.82) is 0 Å². The highest BCUT2D eigenvalue weighted by Crippen LogP contribution is 2.48. The van der Waals surface area contributed by atoms with Crippen LogP contribution in [0.5, 0.6) is 0 Å². The summed E-state index contributed by atoms with van der Waals surface area (Å²) in [5.74, 6) is 0.0818. The van der Waals surface area contributed by atoms with Crippen LogP contribution < -0.4 is 5.32 Å². The second-order valence-electron chi connectivity index (χ2n) is 5.74. The molecule has 0 spiro atoms. The molecule has 1 fully saturated rings. The molecule has 0 radical (unpaired) electrons. The predicted octanol–water partition coefficient (Wildman–Crippen LogP) is 3.04. The highest BCUT2D eigenvalue weighted by Gasteiger charge is 2.51. The molecule has 1 amide bonds. The first-order valence-electron chi connectivity index (χ1n) is 7.40. The zero-order chi connectivity index (χ0) is 14.9. The Balaban J connectivity index is 1.57. The van der Waals surface area contributed by atoms with Gasteiger partial charge in [0, 0.05) is 11.4 Å². The molecular weight excluding hydrogens is 288 g/mol. The van der Waals surface area contributed by atoms with E-state index in [9.17, 15) is 4.79 Å². The van der Waals surface area contributed by atoms with E-state index >= 15 is 0 Å². The number of nitrogens with zero attached hydrogens (tertiary/aromatic N) is 1. The second kappa shape index (κ2) is 5.68. The van der Waals surface area contributed by atoms with Crippen molar-refractivity contribution in [3.63, 3.8) is 0 Å². The number of carbonyl (C=O) groups excluding carboxylic acids is 1. The lowest BCUT2D eigenvalue weighted by atomic mass is 9.95. The van der Waals surface area contributed by atoms with Crippen LogP contribution in [-0.4, -0.2) is 24.3 Å². The number of hydrogen-bond acceptors (Lipinski definition) is 3. The number of carbonyl (C=O) groups is 1. The van der Waals surface area contributed by atoms with E-state index in [-0.39, 0.29) is 17.4 Å². The highest BCUT2D eigenvalue weighted by molar-refractivity contribution is 6.30. The Bertz CT molecular complexity index is 564. The summed E-state index contributed by atoms with van der Waals surface area (Å²) >= 11 is 5.91. The van der Waals surface area contributed by atoms with Crippen LogP contribution in [0.4, 0.5) is 0 Å². The Labute approximate surface area is 129 Å². The van der Waals surface area contributed by atoms with Gasteiger partial charge in [-0.3, -0.25) is 4.79 Å². The van der Waals surface area contributed by atoms with Crippen LogP contribution in [0.15, 0.2) is 29.4 Å². The molecule has 1 aliphatic carbocycles. The first-order chi connectivity index (χ1) is 10.1. The molecule has 0 saturated heterocycles. The quantitative estimate of drug-likeness (QED) is 0.909. The van der Waals surface area contributed by atoms with E-state index in [2.05, 4.69) is 17.4 Å². The van der Waals surface area contributed by atoms with Crippen LogP contribution in [0.3, 0.4) is 0 Å². The van der Waals surface area contributed by atoms with Gasteiger partial charge in [-0.05, 0) is 37.0 Å². The second-order valence-corrected chi connectivity index (χ2v) is 6.18. The summed E-state index contributed by atoms with van der Waals surface area (Å²) in [6.07, 6.45) is 3.47. The van der Waals surface area contributed by atoms with Gasteiger partial charge in [0.25, 0.3) is 0 Å². The Hall–Kier alpha value is -1.55. The van der Waals surface area contributed by atoms with Crippen LogP contribution in [0.2, 0.25) is 5.02 Å². The lowest BCUT2D eigenvalue weighted by molar-refractivity contribution is -0.124. The number of oxime groups is 1. The first kappa shape index (κ1) is 14.4. The van der Waals surface area contributed by atoms with Gasteiger partial charge in [-0.15, -0.1) is 0 Å². The molecule has 1 atom stereocenters. The largest absolute Gasteiger partial charge is 0.390 e. The van der Waals surface area contributed by atoms with Gasteiger partial charge >= 0.3 is 0 Å². The summed E-state index contributed by atoms with van der Waals surface area (Å²) in [6, 6.07) is 7.57. The van der Waals surface area contributed by atoms with Crippen LogP contribution >= 0.6 is 11.6 Å². The summed E-state index contributed by atoms with van der Waals surface area (Å²) in [5, 5.41) is 7.72. The molecular formula is C16H19ClN2O2. The minimum Gasteiger partial charge on any atom is -0.390 e. The van der Waals surface area contributed by atoms with Gasteiger partial charge in [-0.1, -0.05) is 35.8 Å². The molecule has 0 bridgehead atoms. The summed E-state index contributed by atoms with van der Waals surface area (Å²) in [5.41, 5.74) is 1.74. The molecule has 5 heteroatoms. The van der Waals surface area contributed by atoms with E-state index < -0.39 is 0 Å². The number of hydrogen-bond donors (Lipinski definition) is 1. The third-order valence-electron chi connectivity index (χ3n) is 4.27. The van der Waals surface area contributed by atoms with E-state index in [1.807, 2.05) is 24.3 Å². The molecule has 1 aliphatic heterocycles. The predicted molar refractivity (Wildman–Crippen MR) is 82.6 cm³/mol. The third-order valence-corrected chi connectivity index (χ3v) is 4.53. The SMILES string of the molecule is CCC1=NOC(CNC(=O)C2(c3ccc(Cl)cc3)CC2)C1. The molecule has 1 aromatic carbocycles. The van der Waals surface area contributed by atoms with Crippen molar-refractivity contribution in [2.24, 2.45) is 5.16 Å². The van der Waals surface area contributed by atoms with Crippen molar-refractivity contribution < 1.29 is 9.63 Å². The highest BCUT2D eigenvalue weighted by atomic mass is 35.5. The number of nitrogens with one attached hydrogen (secondary N) is 1. The summed E-state index contributed by atoms with van der Waals surface area (Å²) in [4.78, 5) is 17.8. The van der Waals surface area contributed by atoms with Crippen LogP contribution in [0, 0.1) is 0 Å². The molecule has 3 rings (SSSR count). The number of amides is 1. The molecule has 1 unspecified atom stereocenters. The maximum atomic E-state index is 12.5. The lowest BCUT2D eigenvalue weighted by Crippen LogP contribution is -2.39. The first-order valence-corrected chi connectivity index (χ1v) is 7.78. The van der Waals surface area contributed by atoms with Gasteiger partial charge in [-0.2, -0.15) is 0 Å². The Morgan fingerprint density at radius 1 is 1.43 bits per heavy atom. The Kier molecular flexibility index (Phi) is 3.89. The van der Waals surface area contributed by atoms with Crippen molar-refractivity contribution >= 4 is 23.2 Å². The average molecular weight is 307 g/mol. The van der Waals surface area contributed by atoms with E-state index in [4.69, 9.17) is 16.4 Å². The minimum absolute atomic E-state index is 0.0232. The van der Waals surface area contributed by atoms with E-state index in [1.54, 1.807) is 0 Å². The van der Waals surface area contributed by atoms with E-state index in [0.717, 1.165) is 37.0 Å². The monoisotopic (exact) mass is 306 g/mol. The Morgan fingerprint density at radius 2 is 2.14 bits per heavy atom. The molecule has 21 heavy (non-hydrogen) atoms. The van der Waals surface area contributed by atoms with Crippen molar-refractivity contribution in [2.75, 3.05) is 6.54 Å². The molecule has 112 valence electrons. The topological polar surface area (TPSA) is 50.7 Å². The molecule has 0 aromatic heterocycles.